The molecule has 0 spiro atoms. The fraction of sp³-hybridized carbons (Fsp3) is 0.455. The molecule has 15 heavy (non-hydrogen) atoms. The third kappa shape index (κ3) is 2.71. The largest absolute Gasteiger partial charge is 0.396 e. The first-order valence-corrected chi connectivity index (χ1v) is 5.81. The summed E-state index contributed by atoms with van der Waals surface area (Å²) in [4.78, 5) is 0.671. The Bertz CT molecular complexity index is 339. The van der Waals surface area contributed by atoms with Crippen LogP contribution >= 0.6 is 11.8 Å². The summed E-state index contributed by atoms with van der Waals surface area (Å²) in [6.45, 7) is 1.48. The molecule has 0 amide bonds. The SMILES string of the molecule is OCCc1ccc(SC2COC2)c(F)c1. The summed E-state index contributed by atoms with van der Waals surface area (Å²) in [5, 5.41) is 9.12. The van der Waals surface area contributed by atoms with E-state index in [1.807, 2.05) is 6.07 Å². The second kappa shape index (κ2) is 4.96. The second-order valence-electron chi connectivity index (χ2n) is 3.52. The molecule has 1 fully saturated rings. The number of aliphatic hydroxyl groups excluding tert-OH is 1. The number of ether oxygens (including phenoxy) is 1. The first-order valence-electron chi connectivity index (χ1n) is 4.93. The molecule has 1 aliphatic rings. The summed E-state index contributed by atoms with van der Waals surface area (Å²) in [5.74, 6) is -0.196. The van der Waals surface area contributed by atoms with Crippen LogP contribution in [0.2, 0.25) is 0 Å². The minimum absolute atomic E-state index is 0.0579. The Morgan fingerprint density at radius 3 is 2.80 bits per heavy atom. The van der Waals surface area contributed by atoms with Gasteiger partial charge in [0.2, 0.25) is 0 Å². The maximum atomic E-state index is 13.6. The summed E-state index contributed by atoms with van der Waals surface area (Å²) < 4.78 is 18.6. The molecule has 1 aromatic rings. The third-order valence-corrected chi connectivity index (χ3v) is 3.49. The maximum Gasteiger partial charge on any atom is 0.137 e. The van der Waals surface area contributed by atoms with Gasteiger partial charge in [-0.3, -0.25) is 0 Å². The molecule has 0 aliphatic carbocycles. The van der Waals surface area contributed by atoms with Gasteiger partial charge in [0, 0.05) is 11.5 Å². The maximum absolute atomic E-state index is 13.6. The Kier molecular flexibility index (Phi) is 3.61. The van der Waals surface area contributed by atoms with E-state index in [1.54, 1.807) is 6.07 Å². The van der Waals surface area contributed by atoms with E-state index in [-0.39, 0.29) is 12.4 Å². The lowest BCUT2D eigenvalue weighted by Gasteiger charge is -2.25. The Labute approximate surface area is 92.4 Å². The quantitative estimate of drug-likeness (QED) is 0.853. The van der Waals surface area contributed by atoms with E-state index < -0.39 is 0 Å². The number of halogens is 1. The number of aliphatic hydroxyl groups is 1. The van der Waals surface area contributed by atoms with Crippen LogP contribution in [-0.4, -0.2) is 30.2 Å². The average Bonchev–Trinajstić information content (AvgIpc) is 2.14. The van der Waals surface area contributed by atoms with E-state index in [0.717, 1.165) is 5.56 Å². The lowest BCUT2D eigenvalue weighted by molar-refractivity contribution is 0.0455. The van der Waals surface area contributed by atoms with Crippen molar-refractivity contribution in [2.24, 2.45) is 0 Å². The van der Waals surface area contributed by atoms with Crippen molar-refractivity contribution >= 4 is 11.8 Å². The van der Waals surface area contributed by atoms with Crippen molar-refractivity contribution in [1.82, 2.24) is 0 Å². The molecule has 82 valence electrons. The number of benzene rings is 1. The van der Waals surface area contributed by atoms with E-state index >= 15 is 0 Å². The molecule has 1 aliphatic heterocycles. The Morgan fingerprint density at radius 2 is 2.27 bits per heavy atom. The van der Waals surface area contributed by atoms with Crippen LogP contribution < -0.4 is 0 Å². The van der Waals surface area contributed by atoms with Gasteiger partial charge in [-0.15, -0.1) is 11.8 Å². The van der Waals surface area contributed by atoms with Gasteiger partial charge in [0.1, 0.15) is 5.82 Å². The highest BCUT2D eigenvalue weighted by Crippen LogP contribution is 2.30. The summed E-state index contributed by atoms with van der Waals surface area (Å²) >= 11 is 1.52. The Hall–Kier alpha value is -0.580. The molecule has 4 heteroatoms. The van der Waals surface area contributed by atoms with Crippen LogP contribution in [0, 0.1) is 5.82 Å². The third-order valence-electron chi connectivity index (χ3n) is 2.30. The first-order chi connectivity index (χ1) is 7.29. The average molecular weight is 228 g/mol. The van der Waals surface area contributed by atoms with Gasteiger partial charge in [0.15, 0.2) is 0 Å². The van der Waals surface area contributed by atoms with Crippen LogP contribution in [0.5, 0.6) is 0 Å². The van der Waals surface area contributed by atoms with E-state index in [1.165, 1.54) is 17.8 Å². The molecule has 0 unspecified atom stereocenters. The molecule has 1 aromatic carbocycles. The molecule has 0 saturated carbocycles. The molecule has 0 aromatic heterocycles. The van der Waals surface area contributed by atoms with Crippen molar-refractivity contribution in [1.29, 1.82) is 0 Å². The second-order valence-corrected chi connectivity index (χ2v) is 4.86. The van der Waals surface area contributed by atoms with E-state index in [0.29, 0.717) is 29.8 Å². The van der Waals surface area contributed by atoms with Crippen molar-refractivity contribution in [3.63, 3.8) is 0 Å². The van der Waals surface area contributed by atoms with Crippen molar-refractivity contribution in [2.45, 2.75) is 16.6 Å². The molecular formula is C11H13FO2S. The van der Waals surface area contributed by atoms with Crippen molar-refractivity contribution in [2.75, 3.05) is 19.8 Å². The van der Waals surface area contributed by atoms with Crippen molar-refractivity contribution < 1.29 is 14.2 Å². The van der Waals surface area contributed by atoms with Gasteiger partial charge in [-0.1, -0.05) is 6.07 Å². The monoisotopic (exact) mass is 228 g/mol. The number of rotatable bonds is 4. The van der Waals surface area contributed by atoms with Crippen molar-refractivity contribution in [3.8, 4) is 0 Å². The van der Waals surface area contributed by atoms with Crippen LogP contribution in [0.1, 0.15) is 5.56 Å². The number of hydrogen-bond donors (Lipinski definition) is 1. The van der Waals surface area contributed by atoms with Gasteiger partial charge in [-0.25, -0.2) is 4.39 Å². The highest BCUT2D eigenvalue weighted by molar-refractivity contribution is 8.00. The van der Waals surface area contributed by atoms with Gasteiger partial charge in [0.05, 0.1) is 18.5 Å². The summed E-state index contributed by atoms with van der Waals surface area (Å²) in [6, 6.07) is 5.14. The number of thioether (sulfide) groups is 1. The Balaban J connectivity index is 2.04. The highest BCUT2D eigenvalue weighted by Gasteiger charge is 2.20. The van der Waals surface area contributed by atoms with E-state index in [4.69, 9.17) is 9.84 Å². The molecular weight excluding hydrogens is 215 g/mol. The Morgan fingerprint density at radius 1 is 1.47 bits per heavy atom. The zero-order chi connectivity index (χ0) is 10.7. The van der Waals surface area contributed by atoms with Gasteiger partial charge < -0.3 is 9.84 Å². The molecule has 1 heterocycles. The molecule has 1 saturated heterocycles. The fourth-order valence-corrected chi connectivity index (χ4v) is 2.39. The van der Waals surface area contributed by atoms with Crippen LogP contribution in [0.3, 0.4) is 0 Å². The van der Waals surface area contributed by atoms with Crippen LogP contribution in [0.25, 0.3) is 0 Å². The topological polar surface area (TPSA) is 29.5 Å². The van der Waals surface area contributed by atoms with Gasteiger partial charge in [-0.05, 0) is 24.1 Å². The molecule has 0 bridgehead atoms. The zero-order valence-electron chi connectivity index (χ0n) is 8.28. The highest BCUT2D eigenvalue weighted by atomic mass is 32.2. The van der Waals surface area contributed by atoms with Crippen LogP contribution in [0.15, 0.2) is 23.1 Å². The van der Waals surface area contributed by atoms with E-state index in [2.05, 4.69) is 0 Å². The van der Waals surface area contributed by atoms with Crippen molar-refractivity contribution in [3.05, 3.63) is 29.6 Å². The molecule has 1 N–H and O–H groups in total. The normalized spacial score (nSPS) is 16.4. The zero-order valence-corrected chi connectivity index (χ0v) is 9.10. The predicted molar refractivity (Wildman–Crippen MR) is 57.7 cm³/mol. The fourth-order valence-electron chi connectivity index (χ4n) is 1.39. The molecule has 2 rings (SSSR count). The standard InChI is InChI=1S/C11H13FO2S/c12-10-5-8(3-4-13)1-2-11(10)15-9-6-14-7-9/h1-2,5,9,13H,3-4,6-7H2. The lowest BCUT2D eigenvalue weighted by atomic mass is 10.1. The van der Waals surface area contributed by atoms with Gasteiger partial charge in [-0.2, -0.15) is 0 Å². The van der Waals surface area contributed by atoms with E-state index in [9.17, 15) is 4.39 Å². The van der Waals surface area contributed by atoms with Crippen LogP contribution in [-0.2, 0) is 11.2 Å². The van der Waals surface area contributed by atoms with Gasteiger partial charge in [0.25, 0.3) is 0 Å². The molecule has 0 radical (unpaired) electrons. The smallest absolute Gasteiger partial charge is 0.137 e. The minimum atomic E-state index is -0.196. The molecule has 2 nitrogen and oxygen atoms in total. The number of hydrogen-bond acceptors (Lipinski definition) is 3. The summed E-state index contributed by atoms with van der Waals surface area (Å²) in [7, 11) is 0. The lowest BCUT2D eigenvalue weighted by Crippen LogP contribution is -2.30. The van der Waals surface area contributed by atoms with Gasteiger partial charge >= 0.3 is 0 Å². The first kappa shape index (κ1) is 10.9. The molecule has 0 atom stereocenters. The van der Waals surface area contributed by atoms with Crippen LogP contribution in [0.4, 0.5) is 4.39 Å². The summed E-state index contributed by atoms with van der Waals surface area (Å²) in [5.41, 5.74) is 0.837. The predicted octanol–water partition coefficient (Wildman–Crippen LogP) is 1.85. The minimum Gasteiger partial charge on any atom is -0.396 e. The summed E-state index contributed by atoms with van der Waals surface area (Å²) in [6.07, 6.45) is 0.508.